The predicted molar refractivity (Wildman–Crippen MR) is 157 cm³/mol. The maximum Gasteiger partial charge on any atom is 0.416 e. The second kappa shape index (κ2) is 12.9. The van der Waals surface area contributed by atoms with E-state index >= 15 is 0 Å². The zero-order valence-electron chi connectivity index (χ0n) is 24.7. The zero-order valence-corrected chi connectivity index (χ0v) is 24.7. The van der Waals surface area contributed by atoms with Gasteiger partial charge in [0.2, 0.25) is 0 Å². The summed E-state index contributed by atoms with van der Waals surface area (Å²) in [4.78, 5) is 6.77. The molecule has 2 N–H and O–H groups in total. The summed E-state index contributed by atoms with van der Waals surface area (Å²) in [7, 11) is 1.53. The molecule has 5 atom stereocenters. The van der Waals surface area contributed by atoms with Gasteiger partial charge < -0.3 is 15.4 Å². The van der Waals surface area contributed by atoms with Crippen LogP contribution in [0.4, 0.5) is 26.3 Å². The van der Waals surface area contributed by atoms with Gasteiger partial charge in [0.25, 0.3) is 0 Å². The summed E-state index contributed by atoms with van der Waals surface area (Å²) in [5.41, 5.74) is -2.24. The minimum absolute atomic E-state index is 0.0520. The molecular weight excluding hydrogens is 610 g/mol. The van der Waals surface area contributed by atoms with E-state index in [0.717, 1.165) is 36.9 Å². The van der Waals surface area contributed by atoms with E-state index in [0.29, 0.717) is 29.3 Å². The first-order valence-corrected chi connectivity index (χ1v) is 14.5. The van der Waals surface area contributed by atoms with Gasteiger partial charge in [-0.05, 0) is 84.8 Å². The summed E-state index contributed by atoms with van der Waals surface area (Å²) in [6.45, 7) is 4.99. The van der Waals surface area contributed by atoms with E-state index in [2.05, 4.69) is 27.1 Å². The van der Waals surface area contributed by atoms with Crippen LogP contribution in [0.15, 0.2) is 72.7 Å². The van der Waals surface area contributed by atoms with E-state index in [4.69, 9.17) is 4.74 Å². The zero-order chi connectivity index (χ0) is 33.2. The number of hydrogen-bond donors (Lipinski definition) is 2. The Balaban J connectivity index is 1.57. The molecule has 4 heterocycles. The smallest absolute Gasteiger partial charge is 0.416 e. The van der Waals surface area contributed by atoms with Crippen LogP contribution in [-0.2, 0) is 18.9 Å². The number of ether oxygens (including phenoxy) is 1. The maximum absolute atomic E-state index is 13.5. The van der Waals surface area contributed by atoms with Crippen LogP contribution in [-0.4, -0.2) is 36.1 Å². The fourth-order valence-corrected chi connectivity index (χ4v) is 6.47. The van der Waals surface area contributed by atoms with Crippen LogP contribution in [0.1, 0.15) is 41.1 Å². The van der Waals surface area contributed by atoms with Gasteiger partial charge in [-0.15, -0.1) is 6.58 Å². The average Bonchev–Trinajstić information content (AvgIpc) is 3.04. The molecule has 0 saturated carbocycles. The Labute approximate surface area is 261 Å². The van der Waals surface area contributed by atoms with Gasteiger partial charge in [-0.2, -0.15) is 36.9 Å². The van der Waals surface area contributed by atoms with Crippen molar-refractivity contribution in [1.82, 2.24) is 20.5 Å². The number of pyridine rings is 1. The molecule has 0 aliphatic carbocycles. The van der Waals surface area contributed by atoms with E-state index in [1.54, 1.807) is 30.5 Å². The lowest BCUT2D eigenvalue weighted by Crippen LogP contribution is -2.57. The van der Waals surface area contributed by atoms with Crippen molar-refractivity contribution in [2.24, 2.45) is 11.8 Å². The van der Waals surface area contributed by atoms with Gasteiger partial charge in [0.1, 0.15) is 23.7 Å². The van der Waals surface area contributed by atoms with Crippen molar-refractivity contribution in [3.05, 3.63) is 95.0 Å². The van der Waals surface area contributed by atoms with E-state index < -0.39 is 41.6 Å². The van der Waals surface area contributed by atoms with Gasteiger partial charge in [0, 0.05) is 30.7 Å². The monoisotopic (exact) mass is 640 g/mol. The summed E-state index contributed by atoms with van der Waals surface area (Å²) in [5.74, 6) is 1.07. The highest BCUT2D eigenvalue weighted by atomic mass is 19.4. The van der Waals surface area contributed by atoms with Gasteiger partial charge in [0.15, 0.2) is 5.57 Å². The number of alkyl halides is 6. The topological polar surface area (TPSA) is 97.0 Å². The summed E-state index contributed by atoms with van der Waals surface area (Å²) in [5, 5.41) is 26.5. The second-order valence-electron chi connectivity index (χ2n) is 11.4. The van der Waals surface area contributed by atoms with Crippen LogP contribution in [0.2, 0.25) is 0 Å². The molecule has 240 valence electrons. The number of methoxy groups -OCH3 is 1. The van der Waals surface area contributed by atoms with Crippen LogP contribution in [0, 0.1) is 34.5 Å². The highest BCUT2D eigenvalue weighted by Gasteiger charge is 2.43. The summed E-state index contributed by atoms with van der Waals surface area (Å²) < 4.78 is 86.6. The van der Waals surface area contributed by atoms with Crippen molar-refractivity contribution in [3.8, 4) is 17.9 Å². The number of piperidine rings is 3. The Hall–Kier alpha value is -4.75. The lowest BCUT2D eigenvalue weighted by Gasteiger charge is -2.52. The van der Waals surface area contributed by atoms with Crippen LogP contribution in [0.3, 0.4) is 0 Å². The molecule has 3 aliphatic heterocycles. The quantitative estimate of drug-likeness (QED) is 0.150. The summed E-state index contributed by atoms with van der Waals surface area (Å²) >= 11 is 0. The number of nitrogens with one attached hydrogen (secondary N) is 2. The third-order valence-electron chi connectivity index (χ3n) is 8.75. The van der Waals surface area contributed by atoms with Crippen LogP contribution in [0.5, 0.6) is 5.75 Å². The SMILES string of the molecule is C=CC1CN2CCC1CC2[C@@H](NC(NCc1cc(C(F)(F)F)cc(C(F)(F)F)c1)=C(C#N)C#N)c1ccnc2ccc(OC)cc12. The Morgan fingerprint density at radius 3 is 2.35 bits per heavy atom. The molecule has 3 fully saturated rings. The lowest BCUT2D eigenvalue weighted by atomic mass is 9.73. The molecule has 0 amide bonds. The van der Waals surface area contributed by atoms with Crippen molar-refractivity contribution in [2.75, 3.05) is 20.2 Å². The fourth-order valence-electron chi connectivity index (χ4n) is 6.47. The number of allylic oxidation sites excluding steroid dienone is 1. The highest BCUT2D eigenvalue weighted by Crippen LogP contribution is 2.43. The minimum Gasteiger partial charge on any atom is -0.497 e. The highest BCUT2D eigenvalue weighted by molar-refractivity contribution is 5.84. The average molecular weight is 641 g/mol. The number of hydrogen-bond acceptors (Lipinski definition) is 7. The van der Waals surface area contributed by atoms with Gasteiger partial charge in [-0.1, -0.05) is 6.08 Å². The number of nitriles is 2. The van der Waals surface area contributed by atoms with Crippen molar-refractivity contribution in [1.29, 1.82) is 10.5 Å². The number of halogens is 6. The Kier molecular flexibility index (Phi) is 9.17. The Bertz CT molecular complexity index is 1690. The predicted octanol–water partition coefficient (Wildman–Crippen LogP) is 6.86. The molecular formula is C33H30F6N6O. The molecule has 3 saturated heterocycles. The molecule has 3 aromatic rings. The van der Waals surface area contributed by atoms with Crippen LogP contribution in [0.25, 0.3) is 10.9 Å². The first-order valence-electron chi connectivity index (χ1n) is 14.5. The minimum atomic E-state index is -5.02. The van der Waals surface area contributed by atoms with Gasteiger partial charge in [-0.25, -0.2) is 0 Å². The molecule has 4 unspecified atom stereocenters. The molecule has 46 heavy (non-hydrogen) atoms. The first-order chi connectivity index (χ1) is 21.9. The van der Waals surface area contributed by atoms with Crippen molar-refractivity contribution in [3.63, 3.8) is 0 Å². The molecule has 0 spiro atoms. The second-order valence-corrected chi connectivity index (χ2v) is 11.4. The number of benzene rings is 2. The molecule has 2 aromatic carbocycles. The third kappa shape index (κ3) is 6.75. The number of fused-ring (bicyclic) bond motifs is 4. The van der Waals surface area contributed by atoms with Gasteiger partial charge >= 0.3 is 12.4 Å². The van der Waals surface area contributed by atoms with Gasteiger partial charge in [-0.3, -0.25) is 9.88 Å². The molecule has 7 nitrogen and oxygen atoms in total. The number of rotatable bonds is 9. The standard InChI is InChI=1S/C33H30F6N6O/c1-3-20-18-45-9-7-21(20)12-29(45)30(26-6-8-42-28-5-4-25(46-2)14-27(26)28)44-31(22(15-40)16-41)43-17-19-10-23(32(34,35)36)13-24(11-19)33(37,38)39/h3-6,8,10-11,13-14,20-21,29-30,43-44H,1,7,9,12,17-18H2,2H3/t20?,21?,29?,30-/m0/s1. The molecule has 6 rings (SSSR count). The summed E-state index contributed by atoms with van der Waals surface area (Å²) in [6, 6.07) is 11.4. The molecule has 13 heteroatoms. The van der Waals surface area contributed by atoms with E-state index in [1.165, 1.54) is 7.11 Å². The van der Waals surface area contributed by atoms with Crippen molar-refractivity contribution >= 4 is 10.9 Å². The number of nitrogens with zero attached hydrogens (tertiary/aromatic N) is 4. The molecule has 1 aromatic heterocycles. The summed E-state index contributed by atoms with van der Waals surface area (Å²) in [6.07, 6.45) is -4.76. The molecule has 2 bridgehead atoms. The Morgan fingerprint density at radius 2 is 1.78 bits per heavy atom. The Morgan fingerprint density at radius 1 is 1.09 bits per heavy atom. The molecule has 0 radical (unpaired) electrons. The molecule has 3 aliphatic rings. The van der Waals surface area contributed by atoms with E-state index in [1.807, 2.05) is 18.2 Å². The van der Waals surface area contributed by atoms with Gasteiger partial charge in [0.05, 0.1) is 29.8 Å². The third-order valence-corrected chi connectivity index (χ3v) is 8.75. The van der Waals surface area contributed by atoms with Crippen LogP contribution < -0.4 is 15.4 Å². The maximum atomic E-state index is 13.5. The first kappa shape index (κ1) is 32.6. The number of aromatic nitrogens is 1. The van der Waals surface area contributed by atoms with E-state index in [-0.39, 0.29) is 29.4 Å². The van der Waals surface area contributed by atoms with E-state index in [9.17, 15) is 36.9 Å². The largest absolute Gasteiger partial charge is 0.497 e. The fraction of sp³-hybridized carbons (Fsp3) is 0.364. The van der Waals surface area contributed by atoms with Crippen molar-refractivity contribution in [2.45, 2.75) is 43.8 Å². The lowest BCUT2D eigenvalue weighted by molar-refractivity contribution is -0.143. The van der Waals surface area contributed by atoms with Crippen LogP contribution >= 0.6 is 0 Å². The normalized spacial score (nSPS) is 21.5. The van der Waals surface area contributed by atoms with Crippen molar-refractivity contribution < 1.29 is 31.1 Å².